The van der Waals surface area contributed by atoms with E-state index in [0.29, 0.717) is 13.1 Å². The summed E-state index contributed by atoms with van der Waals surface area (Å²) in [7, 11) is -3.93. The van der Waals surface area contributed by atoms with Gasteiger partial charge in [-0.05, 0) is 38.8 Å². The average molecular weight is 607 g/mol. The molecule has 2 aliphatic rings. The average Bonchev–Trinajstić information content (AvgIpc) is 2.93. The highest BCUT2D eigenvalue weighted by molar-refractivity contribution is 7.90. The van der Waals surface area contributed by atoms with Gasteiger partial charge in [0.25, 0.3) is 5.56 Å². The molecule has 2 saturated heterocycles. The molecular weight excluding hydrogens is 574 g/mol. The molecule has 3 aromatic rings. The number of fused-ring (bicyclic) bond motifs is 1. The van der Waals surface area contributed by atoms with Crippen LogP contribution >= 0.6 is 0 Å². The van der Waals surface area contributed by atoms with E-state index in [4.69, 9.17) is 0 Å². The maximum Gasteiger partial charge on any atom is 0.407 e. The van der Waals surface area contributed by atoms with Crippen LogP contribution in [-0.2, 0) is 10.2 Å². The Morgan fingerprint density at radius 1 is 1.14 bits per heavy atom. The molecule has 4 heterocycles. The van der Waals surface area contributed by atoms with Gasteiger partial charge < -0.3 is 15.3 Å². The third kappa shape index (κ3) is 6.13. The second-order valence-corrected chi connectivity index (χ2v) is 12.4. The molecule has 0 saturated carbocycles. The van der Waals surface area contributed by atoms with Crippen LogP contribution in [0.1, 0.15) is 45.6 Å². The van der Waals surface area contributed by atoms with E-state index in [-0.39, 0.29) is 53.6 Å². The van der Waals surface area contributed by atoms with Gasteiger partial charge in [0.15, 0.2) is 5.65 Å². The molecule has 0 unspecified atom stereocenters. The van der Waals surface area contributed by atoms with Crippen molar-refractivity contribution in [3.05, 3.63) is 40.6 Å². The van der Waals surface area contributed by atoms with Crippen molar-refractivity contribution in [1.82, 2.24) is 28.7 Å². The molecule has 0 aliphatic carbocycles. The van der Waals surface area contributed by atoms with E-state index in [2.05, 4.69) is 25.0 Å². The molecule has 0 spiro atoms. The lowest BCUT2D eigenvalue weighted by molar-refractivity contribution is 0.102. The number of carbonyl (C=O) groups is 1. The van der Waals surface area contributed by atoms with Crippen molar-refractivity contribution in [3.8, 4) is 11.3 Å². The molecule has 5 rings (SSSR count). The second kappa shape index (κ2) is 11.8. The number of aromatic nitrogens is 4. The molecule has 2 fully saturated rings. The molecule has 2 aliphatic heterocycles. The predicted molar refractivity (Wildman–Crippen MR) is 152 cm³/mol. The minimum absolute atomic E-state index is 0.0427. The van der Waals surface area contributed by atoms with E-state index >= 15 is 4.39 Å². The van der Waals surface area contributed by atoms with Crippen molar-refractivity contribution in [2.75, 3.05) is 36.2 Å². The van der Waals surface area contributed by atoms with Crippen molar-refractivity contribution < 1.29 is 27.1 Å². The van der Waals surface area contributed by atoms with Gasteiger partial charge in [0.05, 0.1) is 18.4 Å². The summed E-state index contributed by atoms with van der Waals surface area (Å²) < 4.78 is 59.7. The summed E-state index contributed by atoms with van der Waals surface area (Å²) in [5, 5.41) is 12.2. The van der Waals surface area contributed by atoms with Crippen LogP contribution in [0.4, 0.5) is 25.2 Å². The van der Waals surface area contributed by atoms with Gasteiger partial charge >= 0.3 is 16.3 Å². The highest BCUT2D eigenvalue weighted by Gasteiger charge is 2.31. The zero-order valence-corrected chi connectivity index (χ0v) is 23.9. The van der Waals surface area contributed by atoms with Gasteiger partial charge in [0.1, 0.15) is 23.2 Å². The Morgan fingerprint density at radius 3 is 2.55 bits per heavy atom. The molecule has 1 aromatic carbocycles. The minimum Gasteiger partial charge on any atom is -0.465 e. The third-order valence-corrected chi connectivity index (χ3v) is 8.81. The number of amides is 1. The Bertz CT molecular complexity index is 1660. The second-order valence-electron chi connectivity index (χ2n) is 10.8. The standard InChI is InChI=1S/C26H32F2N8O5S/c1-15(2)36-23-21(12-29-25(32-23)30-18-11-17(27)13-34(14-18)26(38)39)31-22(24(36)37)16-6-7-20(19(28)10-16)33-42(40,41)35-8-4-3-5-9-35/h6-7,10,12,15,17-18,33H,3-5,8-9,11,13-14H2,1-2H3,(H,38,39)(H,29,30,32)/t17-,18-/m0/s1. The first-order valence-electron chi connectivity index (χ1n) is 13.7. The number of hydrogen-bond acceptors (Lipinski definition) is 8. The Kier molecular flexibility index (Phi) is 8.28. The number of piperidine rings is 2. The SMILES string of the molecule is CC(C)n1c(=O)c(-c2ccc(NS(=O)(=O)N3CCCCC3)c(F)c2)nc2cnc(N[C@H]3C[C@H](F)CN(C(=O)O)C3)nc21. The maximum atomic E-state index is 15.1. The summed E-state index contributed by atoms with van der Waals surface area (Å²) in [5.41, 5.74) is -0.310. The highest BCUT2D eigenvalue weighted by atomic mass is 32.2. The van der Waals surface area contributed by atoms with Gasteiger partial charge in [-0.25, -0.2) is 23.5 Å². The van der Waals surface area contributed by atoms with Gasteiger partial charge in [0, 0.05) is 43.7 Å². The number of benzene rings is 1. The van der Waals surface area contributed by atoms with Crippen LogP contribution in [0, 0.1) is 5.82 Å². The quantitative estimate of drug-likeness (QED) is 0.367. The van der Waals surface area contributed by atoms with Crippen LogP contribution in [-0.4, -0.2) is 86.7 Å². The van der Waals surface area contributed by atoms with Crippen LogP contribution in [0.5, 0.6) is 0 Å². The molecule has 2 aromatic heterocycles. The number of anilines is 2. The van der Waals surface area contributed by atoms with Crippen molar-refractivity contribution >= 4 is 39.1 Å². The number of halogens is 2. The van der Waals surface area contributed by atoms with E-state index in [9.17, 15) is 27.5 Å². The number of hydrogen-bond donors (Lipinski definition) is 3. The van der Waals surface area contributed by atoms with Crippen LogP contribution in [0.3, 0.4) is 0 Å². The van der Waals surface area contributed by atoms with E-state index < -0.39 is 45.9 Å². The fourth-order valence-electron chi connectivity index (χ4n) is 5.27. The molecule has 13 nitrogen and oxygen atoms in total. The smallest absolute Gasteiger partial charge is 0.407 e. The summed E-state index contributed by atoms with van der Waals surface area (Å²) in [4.78, 5) is 39.0. The molecular formula is C26H32F2N8O5S. The fourth-order valence-corrected chi connectivity index (χ4v) is 6.58. The largest absolute Gasteiger partial charge is 0.465 e. The molecule has 0 radical (unpaired) electrons. The molecule has 3 N–H and O–H groups in total. The first kappa shape index (κ1) is 29.6. The summed E-state index contributed by atoms with van der Waals surface area (Å²) >= 11 is 0. The van der Waals surface area contributed by atoms with Crippen molar-refractivity contribution in [2.45, 2.75) is 57.8 Å². The van der Waals surface area contributed by atoms with E-state index in [0.717, 1.165) is 30.2 Å². The number of nitrogens with zero attached hydrogens (tertiary/aromatic N) is 6. The Morgan fingerprint density at radius 2 is 1.88 bits per heavy atom. The lowest BCUT2D eigenvalue weighted by Crippen LogP contribution is -2.49. The van der Waals surface area contributed by atoms with Crippen LogP contribution in [0.25, 0.3) is 22.4 Å². The topological polar surface area (TPSA) is 163 Å². The zero-order chi connectivity index (χ0) is 30.2. The molecule has 226 valence electrons. The Balaban J connectivity index is 1.45. The maximum absolute atomic E-state index is 15.1. The number of nitrogens with one attached hydrogen (secondary N) is 2. The Hall–Kier alpha value is -3.92. The highest BCUT2D eigenvalue weighted by Crippen LogP contribution is 2.26. The molecule has 2 atom stereocenters. The number of likely N-dealkylation sites (tertiary alicyclic amines) is 1. The molecule has 16 heteroatoms. The van der Waals surface area contributed by atoms with Crippen LogP contribution < -0.4 is 15.6 Å². The van der Waals surface area contributed by atoms with E-state index in [1.807, 2.05) is 0 Å². The third-order valence-electron chi connectivity index (χ3n) is 7.29. The molecule has 0 bridgehead atoms. The number of alkyl halides is 1. The summed E-state index contributed by atoms with van der Waals surface area (Å²) in [5.74, 6) is -0.790. The van der Waals surface area contributed by atoms with Gasteiger partial charge in [0.2, 0.25) is 5.95 Å². The lowest BCUT2D eigenvalue weighted by Gasteiger charge is -2.33. The first-order valence-corrected chi connectivity index (χ1v) is 15.1. The van der Waals surface area contributed by atoms with E-state index in [1.165, 1.54) is 27.2 Å². The van der Waals surface area contributed by atoms with Crippen molar-refractivity contribution in [2.24, 2.45) is 0 Å². The minimum atomic E-state index is -3.93. The monoisotopic (exact) mass is 606 g/mol. The van der Waals surface area contributed by atoms with Crippen molar-refractivity contribution in [1.29, 1.82) is 0 Å². The first-order chi connectivity index (χ1) is 19.9. The summed E-state index contributed by atoms with van der Waals surface area (Å²) in [6.45, 7) is 4.08. The predicted octanol–water partition coefficient (Wildman–Crippen LogP) is 3.22. The lowest BCUT2D eigenvalue weighted by atomic mass is 10.0. The number of carboxylic acid groups (broad SMARTS) is 1. The normalized spacial score (nSPS) is 20.2. The Labute approximate surface area is 240 Å². The van der Waals surface area contributed by atoms with Gasteiger partial charge in [-0.2, -0.15) is 17.7 Å². The van der Waals surface area contributed by atoms with Gasteiger partial charge in [-0.15, -0.1) is 0 Å². The van der Waals surface area contributed by atoms with E-state index in [1.54, 1.807) is 13.8 Å². The zero-order valence-electron chi connectivity index (χ0n) is 23.1. The van der Waals surface area contributed by atoms with Gasteiger partial charge in [-0.3, -0.25) is 14.1 Å². The fraction of sp³-hybridized carbons (Fsp3) is 0.500. The molecule has 1 amide bonds. The molecule has 42 heavy (non-hydrogen) atoms. The summed E-state index contributed by atoms with van der Waals surface area (Å²) in [6.07, 6.45) is 1.28. The van der Waals surface area contributed by atoms with Gasteiger partial charge in [-0.1, -0.05) is 12.5 Å². The van der Waals surface area contributed by atoms with Crippen molar-refractivity contribution in [3.63, 3.8) is 0 Å². The van der Waals surface area contributed by atoms with Crippen LogP contribution in [0.2, 0.25) is 0 Å². The van der Waals surface area contributed by atoms with Crippen LogP contribution in [0.15, 0.2) is 29.2 Å². The number of rotatable bonds is 7. The summed E-state index contributed by atoms with van der Waals surface area (Å²) in [6, 6.07) is 2.75.